The van der Waals surface area contributed by atoms with Gasteiger partial charge in [-0.25, -0.2) is 0 Å². The maximum absolute atomic E-state index is 10.2. The van der Waals surface area contributed by atoms with Crippen molar-refractivity contribution in [2.24, 2.45) is 0 Å². The fourth-order valence-electron chi connectivity index (χ4n) is 2.80. The van der Waals surface area contributed by atoms with Crippen LogP contribution in [-0.4, -0.2) is 45.9 Å². The third-order valence-electron chi connectivity index (χ3n) is 3.78. The summed E-state index contributed by atoms with van der Waals surface area (Å²) in [6.07, 6.45) is 1.58. The molecule has 2 atom stereocenters. The van der Waals surface area contributed by atoms with Gasteiger partial charge in [0, 0.05) is 18.3 Å². The minimum absolute atomic E-state index is 0.143. The number of ether oxygens (including phenoxy) is 1. The van der Waals surface area contributed by atoms with E-state index < -0.39 is 6.10 Å². The van der Waals surface area contributed by atoms with Gasteiger partial charge in [-0.3, -0.25) is 4.90 Å². The topological polar surface area (TPSA) is 71.6 Å². The smallest absolute Gasteiger partial charge is 0.223 e. The zero-order chi connectivity index (χ0) is 15.4. The standard InChI is InChI=1S/C15H21N3O3S/c1-11-16-15(17-21-11)14-5-2-6-18(14)8-12(19)9-20-10-13-4-3-7-22-13/h3-4,7,12,14,19H,2,5-6,8-10H2,1H3/t12-,14+/m0/s1. The fourth-order valence-corrected chi connectivity index (χ4v) is 3.44. The lowest BCUT2D eigenvalue weighted by molar-refractivity contribution is 0.00785. The molecular weight excluding hydrogens is 302 g/mol. The Kier molecular flexibility index (Phi) is 5.20. The van der Waals surface area contributed by atoms with E-state index >= 15 is 0 Å². The van der Waals surface area contributed by atoms with Gasteiger partial charge in [0.05, 0.1) is 25.4 Å². The minimum atomic E-state index is -0.506. The van der Waals surface area contributed by atoms with Crippen LogP contribution in [0.25, 0.3) is 0 Å². The molecule has 0 aliphatic carbocycles. The molecule has 6 nitrogen and oxygen atoms in total. The molecule has 0 unspecified atom stereocenters. The normalized spacial score (nSPS) is 20.5. The summed E-state index contributed by atoms with van der Waals surface area (Å²) in [6.45, 7) is 4.21. The zero-order valence-electron chi connectivity index (χ0n) is 12.6. The van der Waals surface area contributed by atoms with Crippen molar-refractivity contribution in [1.82, 2.24) is 15.0 Å². The van der Waals surface area contributed by atoms with Gasteiger partial charge in [0.15, 0.2) is 5.82 Å². The number of aliphatic hydroxyl groups is 1. The number of aromatic nitrogens is 2. The van der Waals surface area contributed by atoms with E-state index in [1.54, 1.807) is 18.3 Å². The number of thiophene rings is 1. The molecule has 1 aliphatic heterocycles. The third kappa shape index (κ3) is 3.92. The molecule has 1 saturated heterocycles. The summed E-state index contributed by atoms with van der Waals surface area (Å²) in [4.78, 5) is 7.70. The molecular formula is C15H21N3O3S. The number of likely N-dealkylation sites (tertiary alicyclic amines) is 1. The minimum Gasteiger partial charge on any atom is -0.389 e. The van der Waals surface area contributed by atoms with Gasteiger partial charge < -0.3 is 14.4 Å². The van der Waals surface area contributed by atoms with E-state index in [0.717, 1.165) is 25.2 Å². The molecule has 0 radical (unpaired) electrons. The van der Waals surface area contributed by atoms with Crippen LogP contribution in [0.15, 0.2) is 22.0 Å². The van der Waals surface area contributed by atoms with Crippen molar-refractivity contribution < 1.29 is 14.4 Å². The van der Waals surface area contributed by atoms with Gasteiger partial charge in [0.1, 0.15) is 0 Å². The van der Waals surface area contributed by atoms with Crippen molar-refractivity contribution in [3.05, 3.63) is 34.1 Å². The number of aryl methyl sites for hydroxylation is 1. The summed E-state index contributed by atoms with van der Waals surface area (Å²) in [5.74, 6) is 1.31. The Morgan fingerprint density at radius 3 is 3.23 bits per heavy atom. The lowest BCUT2D eigenvalue weighted by Crippen LogP contribution is -2.35. The van der Waals surface area contributed by atoms with Crippen molar-refractivity contribution in [3.63, 3.8) is 0 Å². The number of aliphatic hydroxyl groups excluding tert-OH is 1. The second-order valence-corrected chi connectivity index (χ2v) is 6.61. The molecule has 2 aromatic heterocycles. The van der Waals surface area contributed by atoms with Crippen molar-refractivity contribution in [1.29, 1.82) is 0 Å². The summed E-state index contributed by atoms with van der Waals surface area (Å²) in [5, 5.41) is 16.2. The molecule has 120 valence electrons. The van der Waals surface area contributed by atoms with Gasteiger partial charge >= 0.3 is 0 Å². The van der Waals surface area contributed by atoms with Crippen molar-refractivity contribution >= 4 is 11.3 Å². The van der Waals surface area contributed by atoms with Gasteiger partial charge in [-0.2, -0.15) is 4.98 Å². The third-order valence-corrected chi connectivity index (χ3v) is 4.63. The average Bonchev–Trinajstić information content (AvgIpc) is 3.20. The van der Waals surface area contributed by atoms with Crippen LogP contribution >= 0.6 is 11.3 Å². The van der Waals surface area contributed by atoms with Crippen LogP contribution in [0.2, 0.25) is 0 Å². The molecule has 1 N–H and O–H groups in total. The SMILES string of the molecule is Cc1nc([C@H]2CCCN2C[C@H](O)COCc2cccs2)no1. The van der Waals surface area contributed by atoms with Gasteiger partial charge in [0.25, 0.3) is 0 Å². The van der Waals surface area contributed by atoms with Crippen molar-refractivity contribution in [2.45, 2.75) is 38.5 Å². The Labute approximate surface area is 133 Å². The number of hydrogen-bond acceptors (Lipinski definition) is 7. The first kappa shape index (κ1) is 15.6. The fraction of sp³-hybridized carbons (Fsp3) is 0.600. The number of rotatable bonds is 7. The highest BCUT2D eigenvalue weighted by Gasteiger charge is 2.30. The molecule has 2 aromatic rings. The molecule has 0 bridgehead atoms. The van der Waals surface area contributed by atoms with Gasteiger partial charge in [0.2, 0.25) is 5.89 Å². The van der Waals surface area contributed by atoms with Crippen LogP contribution in [0.5, 0.6) is 0 Å². The highest BCUT2D eigenvalue weighted by atomic mass is 32.1. The van der Waals surface area contributed by atoms with Crippen LogP contribution < -0.4 is 0 Å². The molecule has 0 saturated carbocycles. The Hall–Kier alpha value is -1.28. The van der Waals surface area contributed by atoms with Crippen LogP contribution in [-0.2, 0) is 11.3 Å². The maximum atomic E-state index is 10.2. The molecule has 1 fully saturated rings. The van der Waals surface area contributed by atoms with E-state index in [-0.39, 0.29) is 6.04 Å². The first-order chi connectivity index (χ1) is 10.7. The first-order valence-electron chi connectivity index (χ1n) is 7.55. The van der Waals surface area contributed by atoms with Gasteiger partial charge in [-0.1, -0.05) is 11.2 Å². The van der Waals surface area contributed by atoms with Crippen LogP contribution in [0.4, 0.5) is 0 Å². The van der Waals surface area contributed by atoms with Gasteiger partial charge in [-0.05, 0) is 30.8 Å². The Morgan fingerprint density at radius 2 is 2.50 bits per heavy atom. The van der Waals surface area contributed by atoms with E-state index in [0.29, 0.717) is 25.6 Å². The molecule has 0 amide bonds. The summed E-state index contributed by atoms with van der Waals surface area (Å²) in [6, 6.07) is 4.18. The largest absolute Gasteiger partial charge is 0.389 e. The van der Waals surface area contributed by atoms with Gasteiger partial charge in [-0.15, -0.1) is 11.3 Å². The Balaban J connectivity index is 1.46. The molecule has 3 heterocycles. The number of nitrogens with zero attached hydrogens (tertiary/aromatic N) is 3. The second kappa shape index (κ2) is 7.32. The lowest BCUT2D eigenvalue weighted by atomic mass is 10.2. The molecule has 7 heteroatoms. The number of β-amino-alcohol motifs (C(OH)–C–C–N with tert-alkyl or cyclic N) is 1. The predicted molar refractivity (Wildman–Crippen MR) is 82.6 cm³/mol. The van der Waals surface area contributed by atoms with Crippen LogP contribution in [0.1, 0.15) is 35.5 Å². The molecule has 0 aromatic carbocycles. The van der Waals surface area contributed by atoms with Crippen molar-refractivity contribution in [2.75, 3.05) is 19.7 Å². The second-order valence-electron chi connectivity index (χ2n) is 5.57. The van der Waals surface area contributed by atoms with Crippen LogP contribution in [0.3, 0.4) is 0 Å². The van der Waals surface area contributed by atoms with Crippen LogP contribution in [0, 0.1) is 6.92 Å². The van der Waals surface area contributed by atoms with E-state index in [2.05, 4.69) is 15.0 Å². The van der Waals surface area contributed by atoms with E-state index in [4.69, 9.17) is 9.26 Å². The van der Waals surface area contributed by atoms with Crippen molar-refractivity contribution in [3.8, 4) is 0 Å². The zero-order valence-corrected chi connectivity index (χ0v) is 13.5. The monoisotopic (exact) mass is 323 g/mol. The molecule has 22 heavy (non-hydrogen) atoms. The Bertz CT molecular complexity index is 572. The lowest BCUT2D eigenvalue weighted by Gasteiger charge is -2.24. The average molecular weight is 323 g/mol. The summed E-state index contributed by atoms with van der Waals surface area (Å²) in [5.41, 5.74) is 0. The maximum Gasteiger partial charge on any atom is 0.223 e. The first-order valence-corrected chi connectivity index (χ1v) is 8.43. The van der Waals surface area contributed by atoms with E-state index in [1.807, 2.05) is 17.5 Å². The van der Waals surface area contributed by atoms with E-state index in [1.165, 1.54) is 4.88 Å². The predicted octanol–water partition coefficient (Wildman–Crippen LogP) is 2.15. The summed E-state index contributed by atoms with van der Waals surface area (Å²) >= 11 is 1.66. The quantitative estimate of drug-likeness (QED) is 0.842. The molecule has 0 spiro atoms. The molecule has 3 rings (SSSR count). The Morgan fingerprint density at radius 1 is 1.59 bits per heavy atom. The highest BCUT2D eigenvalue weighted by molar-refractivity contribution is 7.09. The number of hydrogen-bond donors (Lipinski definition) is 1. The highest BCUT2D eigenvalue weighted by Crippen LogP contribution is 2.30. The summed E-state index contributed by atoms with van der Waals surface area (Å²) in [7, 11) is 0. The summed E-state index contributed by atoms with van der Waals surface area (Å²) < 4.78 is 10.6. The molecule has 1 aliphatic rings. The van der Waals surface area contributed by atoms with E-state index in [9.17, 15) is 5.11 Å².